The van der Waals surface area contributed by atoms with E-state index in [0.29, 0.717) is 0 Å². The molecule has 2 aromatic carbocycles. The van der Waals surface area contributed by atoms with Gasteiger partial charge in [-0.1, -0.05) is 54.5 Å². The van der Waals surface area contributed by atoms with E-state index >= 15 is 0 Å². The molecule has 3 nitrogen and oxygen atoms in total. The number of aromatic amines is 1. The lowest BCUT2D eigenvalue weighted by Crippen LogP contribution is -1.84. The zero-order valence-electron chi connectivity index (χ0n) is 13.7. The van der Waals surface area contributed by atoms with Crippen molar-refractivity contribution in [3.63, 3.8) is 0 Å². The van der Waals surface area contributed by atoms with Gasteiger partial charge in [-0.15, -0.1) is 0 Å². The third kappa shape index (κ3) is 3.44. The molecule has 0 saturated carbocycles. The Balaban J connectivity index is 1.50. The fourth-order valence-corrected chi connectivity index (χ4v) is 2.86. The third-order valence-corrected chi connectivity index (χ3v) is 4.10. The quantitative estimate of drug-likeness (QED) is 0.559. The highest BCUT2D eigenvalue weighted by Gasteiger charge is 2.07. The standard InChI is InChI=1S/C22H17N3/c1-4-13-20-17(8-1)9-7-14-21(20)22-16-19(24-25-22)12-3-2-10-18-11-5-6-15-23-18/h1,4-9,11,13-16H,3,12H2,(H,24,25). The minimum atomic E-state index is 0.772. The summed E-state index contributed by atoms with van der Waals surface area (Å²) in [4.78, 5) is 4.20. The van der Waals surface area contributed by atoms with Crippen molar-refractivity contribution < 1.29 is 0 Å². The summed E-state index contributed by atoms with van der Waals surface area (Å²) in [5, 5.41) is 10.1. The highest BCUT2D eigenvalue weighted by Crippen LogP contribution is 2.27. The summed E-state index contributed by atoms with van der Waals surface area (Å²) >= 11 is 0. The van der Waals surface area contributed by atoms with Crippen LogP contribution in [-0.2, 0) is 6.42 Å². The predicted octanol–water partition coefficient (Wildman–Crippen LogP) is 4.61. The number of fused-ring (bicyclic) bond motifs is 1. The van der Waals surface area contributed by atoms with Crippen molar-refractivity contribution in [2.75, 3.05) is 0 Å². The van der Waals surface area contributed by atoms with Gasteiger partial charge in [0.2, 0.25) is 0 Å². The van der Waals surface area contributed by atoms with Crippen molar-refractivity contribution in [3.8, 4) is 23.1 Å². The van der Waals surface area contributed by atoms with E-state index in [9.17, 15) is 0 Å². The van der Waals surface area contributed by atoms with Gasteiger partial charge in [0.15, 0.2) is 0 Å². The number of hydrogen-bond acceptors (Lipinski definition) is 2. The highest BCUT2D eigenvalue weighted by atomic mass is 15.1. The van der Waals surface area contributed by atoms with Crippen LogP contribution in [0.4, 0.5) is 0 Å². The molecule has 0 amide bonds. The summed E-state index contributed by atoms with van der Waals surface area (Å²) in [5.74, 6) is 6.25. The van der Waals surface area contributed by atoms with E-state index in [1.54, 1.807) is 6.20 Å². The van der Waals surface area contributed by atoms with Gasteiger partial charge in [-0.05, 0) is 34.9 Å². The highest BCUT2D eigenvalue weighted by molar-refractivity contribution is 5.95. The van der Waals surface area contributed by atoms with Crippen LogP contribution < -0.4 is 0 Å². The Hall–Kier alpha value is -3.38. The molecule has 0 radical (unpaired) electrons. The maximum Gasteiger partial charge on any atom is 0.113 e. The van der Waals surface area contributed by atoms with Crippen LogP contribution in [0.25, 0.3) is 22.0 Å². The first-order valence-electron chi connectivity index (χ1n) is 8.32. The molecule has 0 bridgehead atoms. The number of nitrogens with one attached hydrogen (secondary N) is 1. The van der Waals surface area contributed by atoms with Gasteiger partial charge in [-0.3, -0.25) is 5.10 Å². The summed E-state index contributed by atoms with van der Waals surface area (Å²) in [6, 6.07) is 22.6. The van der Waals surface area contributed by atoms with E-state index in [4.69, 9.17) is 0 Å². The van der Waals surface area contributed by atoms with Gasteiger partial charge in [0.25, 0.3) is 0 Å². The number of nitrogens with zero attached hydrogens (tertiary/aromatic N) is 2. The molecular weight excluding hydrogens is 306 g/mol. The second-order valence-corrected chi connectivity index (χ2v) is 5.82. The second-order valence-electron chi connectivity index (χ2n) is 5.82. The third-order valence-electron chi connectivity index (χ3n) is 4.10. The minimum Gasteiger partial charge on any atom is -0.282 e. The van der Waals surface area contributed by atoms with E-state index in [-0.39, 0.29) is 0 Å². The zero-order chi connectivity index (χ0) is 16.9. The van der Waals surface area contributed by atoms with Crippen LogP contribution in [-0.4, -0.2) is 15.2 Å². The summed E-state index contributed by atoms with van der Waals surface area (Å²) in [6.45, 7) is 0. The SMILES string of the molecule is C(#Cc1ccccn1)CCc1cc(-c2cccc3ccccc23)n[nH]1. The molecule has 4 aromatic rings. The summed E-state index contributed by atoms with van der Waals surface area (Å²) in [5.41, 5.74) is 4.03. The molecule has 0 saturated heterocycles. The molecule has 2 heterocycles. The molecule has 4 rings (SSSR count). The molecule has 0 atom stereocenters. The molecule has 2 aromatic heterocycles. The largest absolute Gasteiger partial charge is 0.282 e. The molecule has 0 aliphatic carbocycles. The zero-order valence-corrected chi connectivity index (χ0v) is 13.7. The summed E-state index contributed by atoms with van der Waals surface area (Å²) < 4.78 is 0. The number of hydrogen-bond donors (Lipinski definition) is 1. The number of aromatic nitrogens is 3. The molecule has 0 unspecified atom stereocenters. The molecule has 120 valence electrons. The van der Waals surface area contributed by atoms with E-state index in [1.165, 1.54) is 10.8 Å². The average molecular weight is 323 g/mol. The van der Waals surface area contributed by atoms with E-state index in [2.05, 4.69) is 75.6 Å². The van der Waals surface area contributed by atoms with E-state index < -0.39 is 0 Å². The topological polar surface area (TPSA) is 41.6 Å². The number of H-pyrrole nitrogens is 1. The van der Waals surface area contributed by atoms with Crippen LogP contribution in [0.3, 0.4) is 0 Å². The lowest BCUT2D eigenvalue weighted by atomic mass is 10.0. The Bertz CT molecular complexity index is 1050. The van der Waals surface area contributed by atoms with Crippen molar-refractivity contribution in [1.82, 2.24) is 15.2 Å². The van der Waals surface area contributed by atoms with Crippen molar-refractivity contribution in [1.29, 1.82) is 0 Å². The number of rotatable bonds is 3. The van der Waals surface area contributed by atoms with Crippen LogP contribution in [0.2, 0.25) is 0 Å². The molecule has 0 fully saturated rings. The monoisotopic (exact) mass is 323 g/mol. The predicted molar refractivity (Wildman–Crippen MR) is 101 cm³/mol. The first-order chi connectivity index (χ1) is 12.4. The van der Waals surface area contributed by atoms with Crippen molar-refractivity contribution >= 4 is 10.8 Å². The van der Waals surface area contributed by atoms with Gasteiger partial charge < -0.3 is 0 Å². The molecule has 0 aliphatic rings. The van der Waals surface area contributed by atoms with Gasteiger partial charge in [0, 0.05) is 30.3 Å². The summed E-state index contributed by atoms with van der Waals surface area (Å²) in [7, 11) is 0. The Morgan fingerprint density at radius 1 is 0.920 bits per heavy atom. The Morgan fingerprint density at radius 3 is 2.72 bits per heavy atom. The lowest BCUT2D eigenvalue weighted by Gasteiger charge is -2.02. The average Bonchev–Trinajstić information content (AvgIpc) is 3.14. The Labute approximate surface area is 146 Å². The van der Waals surface area contributed by atoms with Crippen molar-refractivity contribution in [2.24, 2.45) is 0 Å². The molecule has 3 heteroatoms. The van der Waals surface area contributed by atoms with Crippen LogP contribution >= 0.6 is 0 Å². The fourth-order valence-electron chi connectivity index (χ4n) is 2.86. The van der Waals surface area contributed by atoms with E-state index in [0.717, 1.165) is 35.5 Å². The minimum absolute atomic E-state index is 0.772. The van der Waals surface area contributed by atoms with Gasteiger partial charge in [0.1, 0.15) is 5.69 Å². The Kier molecular flexibility index (Phi) is 4.26. The van der Waals surface area contributed by atoms with Crippen LogP contribution in [0.15, 0.2) is 72.9 Å². The maximum absolute atomic E-state index is 4.49. The van der Waals surface area contributed by atoms with Gasteiger partial charge in [-0.2, -0.15) is 5.10 Å². The smallest absolute Gasteiger partial charge is 0.113 e. The first kappa shape index (κ1) is 15.2. The molecule has 0 aliphatic heterocycles. The second kappa shape index (κ2) is 7.02. The fraction of sp³-hybridized carbons (Fsp3) is 0.0909. The molecular formula is C22H17N3. The number of pyridine rings is 1. The normalized spacial score (nSPS) is 10.4. The molecule has 0 spiro atoms. The van der Waals surface area contributed by atoms with Gasteiger partial charge in [0.05, 0.1) is 5.69 Å². The lowest BCUT2D eigenvalue weighted by molar-refractivity contribution is 0.930. The van der Waals surface area contributed by atoms with Crippen molar-refractivity contribution in [2.45, 2.75) is 12.8 Å². The van der Waals surface area contributed by atoms with Crippen LogP contribution in [0.1, 0.15) is 17.8 Å². The van der Waals surface area contributed by atoms with Gasteiger partial charge in [-0.25, -0.2) is 4.98 Å². The number of benzene rings is 2. The van der Waals surface area contributed by atoms with Gasteiger partial charge >= 0.3 is 0 Å². The Morgan fingerprint density at radius 2 is 1.80 bits per heavy atom. The number of aryl methyl sites for hydroxylation is 1. The van der Waals surface area contributed by atoms with E-state index in [1.807, 2.05) is 18.2 Å². The molecule has 25 heavy (non-hydrogen) atoms. The van der Waals surface area contributed by atoms with Crippen LogP contribution in [0.5, 0.6) is 0 Å². The first-order valence-corrected chi connectivity index (χ1v) is 8.32. The molecule has 1 N–H and O–H groups in total. The maximum atomic E-state index is 4.49. The summed E-state index contributed by atoms with van der Waals surface area (Å²) in [6.07, 6.45) is 3.38. The van der Waals surface area contributed by atoms with Crippen molar-refractivity contribution in [3.05, 3.63) is 84.3 Å². The van der Waals surface area contributed by atoms with Crippen LogP contribution in [0, 0.1) is 11.8 Å².